The number of nitrogens with two attached hydrogens (primary N) is 1. The molecule has 1 amide bonds. The first kappa shape index (κ1) is 15.5. The minimum Gasteiger partial charge on any atom is -0.399 e. The fourth-order valence-electron chi connectivity index (χ4n) is 2.71. The number of nitrogens with one attached hydrogen (secondary N) is 1. The molecule has 0 aliphatic carbocycles. The van der Waals surface area contributed by atoms with Gasteiger partial charge in [0.05, 0.1) is 11.0 Å². The summed E-state index contributed by atoms with van der Waals surface area (Å²) in [5.74, 6) is -0.158. The molecule has 1 fully saturated rings. The molecule has 0 bridgehead atoms. The van der Waals surface area contributed by atoms with Crippen LogP contribution in [0.5, 0.6) is 0 Å². The van der Waals surface area contributed by atoms with Gasteiger partial charge in [0.1, 0.15) is 0 Å². The standard InChI is InChI=1S/C14H18F3N3O/c1-13(12(21)19-2)5-6-20(8-13)11-4-3-9(18)7-10(11)14(15,16)17/h3-4,7H,5-6,8,18H2,1-2H3,(H,19,21). The highest BCUT2D eigenvalue weighted by Crippen LogP contribution is 2.41. The van der Waals surface area contributed by atoms with Crippen molar-refractivity contribution < 1.29 is 18.0 Å². The second kappa shape index (κ2) is 5.13. The Kier molecular flexibility index (Phi) is 3.78. The second-order valence-electron chi connectivity index (χ2n) is 5.59. The van der Waals surface area contributed by atoms with E-state index in [0.29, 0.717) is 13.0 Å². The highest BCUT2D eigenvalue weighted by Gasteiger charge is 2.42. The van der Waals surface area contributed by atoms with Crippen molar-refractivity contribution in [1.82, 2.24) is 5.32 Å². The van der Waals surface area contributed by atoms with Gasteiger partial charge in [-0.1, -0.05) is 0 Å². The van der Waals surface area contributed by atoms with Crippen molar-refractivity contribution in [2.24, 2.45) is 5.41 Å². The number of anilines is 2. The third-order valence-electron chi connectivity index (χ3n) is 3.92. The maximum atomic E-state index is 13.1. The van der Waals surface area contributed by atoms with Gasteiger partial charge in [0.2, 0.25) is 5.91 Å². The predicted molar refractivity (Wildman–Crippen MR) is 74.9 cm³/mol. The monoisotopic (exact) mass is 301 g/mol. The number of nitrogen functional groups attached to an aromatic ring is 1. The first-order chi connectivity index (χ1) is 9.67. The van der Waals surface area contributed by atoms with E-state index in [1.54, 1.807) is 11.8 Å². The summed E-state index contributed by atoms with van der Waals surface area (Å²) in [6, 6.07) is 3.75. The average Bonchev–Trinajstić information content (AvgIpc) is 2.80. The molecule has 21 heavy (non-hydrogen) atoms. The summed E-state index contributed by atoms with van der Waals surface area (Å²) in [6.07, 6.45) is -3.97. The lowest BCUT2D eigenvalue weighted by molar-refractivity contribution is -0.137. The zero-order valence-electron chi connectivity index (χ0n) is 11.9. The molecule has 1 aliphatic rings. The minimum absolute atomic E-state index is 0.0688. The Bertz CT molecular complexity index is 559. The Morgan fingerprint density at radius 2 is 2.10 bits per heavy atom. The Morgan fingerprint density at radius 1 is 1.43 bits per heavy atom. The number of carbonyl (C=O) groups excluding carboxylic acids is 1. The van der Waals surface area contributed by atoms with Gasteiger partial charge in [-0.2, -0.15) is 13.2 Å². The number of hydrogen-bond acceptors (Lipinski definition) is 3. The molecule has 0 radical (unpaired) electrons. The van der Waals surface area contributed by atoms with E-state index in [1.165, 1.54) is 19.2 Å². The van der Waals surface area contributed by atoms with Crippen molar-refractivity contribution >= 4 is 17.3 Å². The Labute approximate surface area is 121 Å². The molecule has 1 aromatic rings. The number of amides is 1. The molecule has 7 heteroatoms. The molecule has 1 saturated heterocycles. The molecular weight excluding hydrogens is 283 g/mol. The maximum absolute atomic E-state index is 13.1. The summed E-state index contributed by atoms with van der Waals surface area (Å²) in [6.45, 7) is 2.41. The van der Waals surface area contributed by atoms with Crippen LogP contribution < -0.4 is 16.0 Å². The summed E-state index contributed by atoms with van der Waals surface area (Å²) >= 11 is 0. The van der Waals surface area contributed by atoms with Crippen LogP contribution >= 0.6 is 0 Å². The van der Waals surface area contributed by atoms with Gasteiger partial charge in [-0.15, -0.1) is 0 Å². The molecule has 0 aromatic heterocycles. The van der Waals surface area contributed by atoms with Crippen molar-refractivity contribution in [2.45, 2.75) is 19.5 Å². The van der Waals surface area contributed by atoms with Gasteiger partial charge in [-0.05, 0) is 31.5 Å². The van der Waals surface area contributed by atoms with Gasteiger partial charge in [-0.25, -0.2) is 0 Å². The molecule has 4 nitrogen and oxygen atoms in total. The normalized spacial score (nSPS) is 22.4. The molecule has 1 aromatic carbocycles. The second-order valence-corrected chi connectivity index (χ2v) is 5.59. The SMILES string of the molecule is CNC(=O)C1(C)CCN(c2ccc(N)cc2C(F)(F)F)C1. The van der Waals surface area contributed by atoms with Crippen LogP contribution in [-0.4, -0.2) is 26.0 Å². The number of halogens is 3. The van der Waals surface area contributed by atoms with Crippen molar-refractivity contribution in [3.05, 3.63) is 23.8 Å². The molecular formula is C14H18F3N3O. The van der Waals surface area contributed by atoms with Crippen LogP contribution in [0.2, 0.25) is 0 Å². The molecule has 1 aliphatic heterocycles. The van der Waals surface area contributed by atoms with Gasteiger partial charge in [0, 0.05) is 31.5 Å². The zero-order chi connectivity index (χ0) is 15.8. The Hall–Kier alpha value is -1.92. The summed E-state index contributed by atoms with van der Waals surface area (Å²) in [5, 5.41) is 2.57. The van der Waals surface area contributed by atoms with Gasteiger partial charge in [0.25, 0.3) is 0 Å². The summed E-state index contributed by atoms with van der Waals surface area (Å²) in [7, 11) is 1.53. The lowest BCUT2D eigenvalue weighted by Crippen LogP contribution is -2.39. The van der Waals surface area contributed by atoms with E-state index in [9.17, 15) is 18.0 Å². The molecule has 0 spiro atoms. The number of carbonyl (C=O) groups is 1. The molecule has 0 saturated carbocycles. The molecule has 1 atom stereocenters. The number of rotatable bonds is 2. The summed E-state index contributed by atoms with van der Waals surface area (Å²) in [5.41, 5.74) is 4.16. The van der Waals surface area contributed by atoms with E-state index in [4.69, 9.17) is 5.73 Å². The van der Waals surface area contributed by atoms with Crippen molar-refractivity contribution in [3.8, 4) is 0 Å². The first-order valence-corrected chi connectivity index (χ1v) is 6.61. The van der Waals surface area contributed by atoms with E-state index in [1.807, 2.05) is 0 Å². The zero-order valence-corrected chi connectivity index (χ0v) is 11.9. The summed E-state index contributed by atoms with van der Waals surface area (Å²) in [4.78, 5) is 13.5. The van der Waals surface area contributed by atoms with Crippen molar-refractivity contribution in [1.29, 1.82) is 0 Å². The first-order valence-electron chi connectivity index (χ1n) is 6.61. The van der Waals surface area contributed by atoms with E-state index in [-0.39, 0.29) is 23.8 Å². The quantitative estimate of drug-likeness (QED) is 0.824. The fourth-order valence-corrected chi connectivity index (χ4v) is 2.71. The van der Waals surface area contributed by atoms with E-state index in [2.05, 4.69) is 5.32 Å². The third kappa shape index (κ3) is 2.91. The van der Waals surface area contributed by atoms with Crippen LogP contribution in [0.15, 0.2) is 18.2 Å². The van der Waals surface area contributed by atoms with Crippen LogP contribution in [0.25, 0.3) is 0 Å². The maximum Gasteiger partial charge on any atom is 0.418 e. The molecule has 116 valence electrons. The largest absolute Gasteiger partial charge is 0.418 e. The van der Waals surface area contributed by atoms with E-state index >= 15 is 0 Å². The van der Waals surface area contributed by atoms with Gasteiger partial charge in [0.15, 0.2) is 0 Å². The number of nitrogens with zero attached hydrogens (tertiary/aromatic N) is 1. The van der Waals surface area contributed by atoms with Gasteiger partial charge >= 0.3 is 6.18 Å². The van der Waals surface area contributed by atoms with Crippen LogP contribution in [0.4, 0.5) is 24.5 Å². The number of benzene rings is 1. The molecule has 2 rings (SSSR count). The molecule has 1 unspecified atom stereocenters. The lowest BCUT2D eigenvalue weighted by atomic mass is 9.89. The predicted octanol–water partition coefficient (Wildman–Crippen LogP) is 2.25. The average molecular weight is 301 g/mol. The highest BCUT2D eigenvalue weighted by molar-refractivity contribution is 5.83. The highest BCUT2D eigenvalue weighted by atomic mass is 19.4. The third-order valence-corrected chi connectivity index (χ3v) is 3.92. The number of alkyl halides is 3. The summed E-state index contributed by atoms with van der Waals surface area (Å²) < 4.78 is 39.4. The van der Waals surface area contributed by atoms with Gasteiger partial charge < -0.3 is 16.0 Å². The van der Waals surface area contributed by atoms with E-state index in [0.717, 1.165) is 6.07 Å². The van der Waals surface area contributed by atoms with Crippen molar-refractivity contribution in [2.75, 3.05) is 30.8 Å². The Balaban J connectivity index is 2.35. The smallest absolute Gasteiger partial charge is 0.399 e. The van der Waals surface area contributed by atoms with Gasteiger partial charge in [-0.3, -0.25) is 4.79 Å². The fraction of sp³-hybridized carbons (Fsp3) is 0.500. The van der Waals surface area contributed by atoms with Crippen LogP contribution in [0, 0.1) is 5.41 Å². The lowest BCUT2D eigenvalue weighted by Gasteiger charge is -2.26. The van der Waals surface area contributed by atoms with Crippen molar-refractivity contribution in [3.63, 3.8) is 0 Å². The van der Waals surface area contributed by atoms with Crippen LogP contribution in [0.3, 0.4) is 0 Å². The molecule has 1 heterocycles. The Morgan fingerprint density at radius 3 is 2.67 bits per heavy atom. The van der Waals surface area contributed by atoms with Crippen LogP contribution in [0.1, 0.15) is 18.9 Å². The topological polar surface area (TPSA) is 58.4 Å². The molecule has 3 N–H and O–H groups in total. The minimum atomic E-state index is -4.48. The number of hydrogen-bond donors (Lipinski definition) is 2. The van der Waals surface area contributed by atoms with E-state index < -0.39 is 17.2 Å². The van der Waals surface area contributed by atoms with Crippen LogP contribution in [-0.2, 0) is 11.0 Å².